The van der Waals surface area contributed by atoms with Crippen molar-refractivity contribution >= 4 is 11.5 Å². The van der Waals surface area contributed by atoms with Crippen LogP contribution in [-0.2, 0) is 11.2 Å². The lowest BCUT2D eigenvalue weighted by Gasteiger charge is -2.21. The van der Waals surface area contributed by atoms with Crippen LogP contribution in [0.4, 0.5) is 0 Å². The van der Waals surface area contributed by atoms with Gasteiger partial charge in [-0.2, -0.15) is 9.36 Å². The Morgan fingerprint density at radius 3 is 2.64 bits per heavy atom. The first kappa shape index (κ1) is 15.4. The van der Waals surface area contributed by atoms with E-state index in [0.29, 0.717) is 11.8 Å². The van der Waals surface area contributed by atoms with Gasteiger partial charge in [0.25, 0.3) is 5.19 Å². The molecule has 1 aliphatic carbocycles. The molecule has 1 fully saturated rings. The molecule has 0 aliphatic heterocycles. The summed E-state index contributed by atoms with van der Waals surface area (Å²) in [6, 6.07) is 8.47. The van der Waals surface area contributed by atoms with E-state index in [4.69, 9.17) is 9.47 Å². The maximum absolute atomic E-state index is 5.79. The Labute approximate surface area is 135 Å². The van der Waals surface area contributed by atoms with Crippen LogP contribution in [0, 0.1) is 0 Å². The Morgan fingerprint density at radius 2 is 1.91 bits per heavy atom. The molecular formula is C17H22N2O2S. The van der Waals surface area contributed by atoms with E-state index in [2.05, 4.69) is 21.5 Å². The van der Waals surface area contributed by atoms with Gasteiger partial charge in [0.1, 0.15) is 11.6 Å². The monoisotopic (exact) mass is 318 g/mol. The fraction of sp³-hybridized carbons (Fsp3) is 0.529. The predicted octanol–water partition coefficient (Wildman–Crippen LogP) is 4.57. The van der Waals surface area contributed by atoms with Crippen LogP contribution in [0.15, 0.2) is 24.3 Å². The van der Waals surface area contributed by atoms with E-state index in [-0.39, 0.29) is 0 Å². The second-order valence-electron chi connectivity index (χ2n) is 5.73. The molecule has 1 heterocycles. The first-order valence-corrected chi connectivity index (χ1v) is 8.72. The standard InChI is InChI=1S/C17H22N2O2S/c1-20-12-11-16-18-17(22-19-16)21-15-9-7-14(8-10-15)13-5-3-2-4-6-13/h7-10,13H,2-6,11-12H2,1H3. The SMILES string of the molecule is COCCc1nsc(Oc2ccc(C3CCCCC3)cc2)n1. The van der Waals surface area contributed by atoms with Crippen molar-refractivity contribution in [3.63, 3.8) is 0 Å². The highest BCUT2D eigenvalue weighted by Gasteiger charge is 2.15. The Morgan fingerprint density at radius 1 is 1.14 bits per heavy atom. The van der Waals surface area contributed by atoms with Crippen LogP contribution >= 0.6 is 11.5 Å². The van der Waals surface area contributed by atoms with Crippen LogP contribution in [0.2, 0.25) is 0 Å². The number of nitrogens with zero attached hydrogens (tertiary/aromatic N) is 2. The van der Waals surface area contributed by atoms with Gasteiger partial charge in [0, 0.05) is 25.1 Å². The van der Waals surface area contributed by atoms with Crippen molar-refractivity contribution in [3.8, 4) is 10.9 Å². The first-order chi connectivity index (χ1) is 10.8. The molecule has 1 aromatic heterocycles. The molecule has 3 rings (SSSR count). The van der Waals surface area contributed by atoms with Gasteiger partial charge in [-0.3, -0.25) is 0 Å². The number of hydrogen-bond donors (Lipinski definition) is 0. The van der Waals surface area contributed by atoms with Crippen LogP contribution < -0.4 is 4.74 Å². The zero-order valence-corrected chi connectivity index (χ0v) is 13.8. The average molecular weight is 318 g/mol. The number of rotatable bonds is 6. The summed E-state index contributed by atoms with van der Waals surface area (Å²) in [7, 11) is 1.68. The van der Waals surface area contributed by atoms with Gasteiger partial charge in [-0.25, -0.2) is 0 Å². The third kappa shape index (κ3) is 4.05. The summed E-state index contributed by atoms with van der Waals surface area (Å²) in [4.78, 5) is 4.36. The molecule has 1 aromatic carbocycles. The molecule has 1 aliphatic rings. The highest BCUT2D eigenvalue weighted by Crippen LogP contribution is 2.33. The predicted molar refractivity (Wildman–Crippen MR) is 87.8 cm³/mol. The van der Waals surface area contributed by atoms with Crippen molar-refractivity contribution in [1.82, 2.24) is 9.36 Å². The molecule has 118 valence electrons. The zero-order valence-electron chi connectivity index (χ0n) is 13.0. The molecule has 0 amide bonds. The fourth-order valence-electron chi connectivity index (χ4n) is 2.92. The van der Waals surface area contributed by atoms with Crippen LogP contribution in [0.25, 0.3) is 0 Å². The molecule has 0 N–H and O–H groups in total. The second kappa shape index (κ2) is 7.70. The largest absolute Gasteiger partial charge is 0.430 e. The van der Waals surface area contributed by atoms with Gasteiger partial charge in [-0.15, -0.1) is 0 Å². The number of hydrogen-bond acceptors (Lipinski definition) is 5. The maximum atomic E-state index is 5.79. The van der Waals surface area contributed by atoms with E-state index in [9.17, 15) is 0 Å². The molecule has 22 heavy (non-hydrogen) atoms. The molecular weight excluding hydrogens is 296 g/mol. The highest BCUT2D eigenvalue weighted by atomic mass is 32.1. The quantitative estimate of drug-likeness (QED) is 0.783. The van der Waals surface area contributed by atoms with Gasteiger partial charge in [-0.1, -0.05) is 31.4 Å². The van der Waals surface area contributed by atoms with E-state index < -0.39 is 0 Å². The van der Waals surface area contributed by atoms with Crippen molar-refractivity contribution in [2.45, 2.75) is 44.4 Å². The number of aromatic nitrogens is 2. The van der Waals surface area contributed by atoms with Crippen LogP contribution in [-0.4, -0.2) is 23.1 Å². The van der Waals surface area contributed by atoms with Crippen molar-refractivity contribution in [2.75, 3.05) is 13.7 Å². The lowest BCUT2D eigenvalue weighted by Crippen LogP contribution is -2.04. The van der Waals surface area contributed by atoms with Crippen LogP contribution in [0.3, 0.4) is 0 Å². The molecule has 0 bridgehead atoms. The molecule has 0 unspecified atom stereocenters. The van der Waals surface area contributed by atoms with E-state index in [0.717, 1.165) is 23.9 Å². The third-order valence-electron chi connectivity index (χ3n) is 4.14. The van der Waals surface area contributed by atoms with Gasteiger partial charge >= 0.3 is 0 Å². The summed E-state index contributed by atoms with van der Waals surface area (Å²) in [5.41, 5.74) is 1.44. The Kier molecular flexibility index (Phi) is 5.40. The van der Waals surface area contributed by atoms with Gasteiger partial charge in [-0.05, 0) is 36.5 Å². The molecule has 0 atom stereocenters. The Hall–Kier alpha value is -1.46. The van der Waals surface area contributed by atoms with Gasteiger partial charge in [0.2, 0.25) is 0 Å². The molecule has 0 radical (unpaired) electrons. The molecule has 0 spiro atoms. The number of ether oxygens (including phenoxy) is 2. The zero-order chi connectivity index (χ0) is 15.2. The lowest BCUT2D eigenvalue weighted by molar-refractivity contribution is 0.200. The van der Waals surface area contributed by atoms with E-state index in [1.165, 1.54) is 49.2 Å². The van der Waals surface area contributed by atoms with Gasteiger partial charge in [0.05, 0.1) is 6.61 Å². The molecule has 5 heteroatoms. The Balaban J connectivity index is 1.59. The molecule has 0 saturated heterocycles. The van der Waals surface area contributed by atoms with E-state index in [1.54, 1.807) is 7.11 Å². The molecule has 1 saturated carbocycles. The smallest absolute Gasteiger partial charge is 0.298 e. The maximum Gasteiger partial charge on any atom is 0.298 e. The van der Waals surface area contributed by atoms with Crippen molar-refractivity contribution < 1.29 is 9.47 Å². The van der Waals surface area contributed by atoms with Crippen LogP contribution in [0.5, 0.6) is 10.9 Å². The third-order valence-corrected chi connectivity index (χ3v) is 4.77. The Bertz CT molecular complexity index is 577. The van der Waals surface area contributed by atoms with Crippen molar-refractivity contribution in [2.24, 2.45) is 0 Å². The molecule has 4 nitrogen and oxygen atoms in total. The second-order valence-corrected chi connectivity index (χ2v) is 6.44. The van der Waals surface area contributed by atoms with Gasteiger partial charge in [0.15, 0.2) is 0 Å². The molecule has 2 aromatic rings. The summed E-state index contributed by atoms with van der Waals surface area (Å²) in [5, 5.41) is 0.594. The minimum atomic E-state index is 0.594. The normalized spacial score (nSPS) is 15.9. The summed E-state index contributed by atoms with van der Waals surface area (Å²) in [6.45, 7) is 0.631. The summed E-state index contributed by atoms with van der Waals surface area (Å²) >= 11 is 1.29. The first-order valence-electron chi connectivity index (χ1n) is 7.94. The van der Waals surface area contributed by atoms with Crippen molar-refractivity contribution in [3.05, 3.63) is 35.7 Å². The number of benzene rings is 1. The summed E-state index contributed by atoms with van der Waals surface area (Å²) in [6.07, 6.45) is 7.46. The van der Waals surface area contributed by atoms with Gasteiger partial charge < -0.3 is 9.47 Å². The number of methoxy groups -OCH3 is 1. The van der Waals surface area contributed by atoms with E-state index >= 15 is 0 Å². The van der Waals surface area contributed by atoms with Crippen molar-refractivity contribution in [1.29, 1.82) is 0 Å². The average Bonchev–Trinajstić information content (AvgIpc) is 3.02. The fourth-order valence-corrected chi connectivity index (χ4v) is 3.51. The summed E-state index contributed by atoms with van der Waals surface area (Å²) < 4.78 is 15.1. The minimum absolute atomic E-state index is 0.594. The lowest BCUT2D eigenvalue weighted by atomic mass is 9.84. The van der Waals surface area contributed by atoms with E-state index in [1.807, 2.05) is 12.1 Å². The minimum Gasteiger partial charge on any atom is -0.430 e. The topological polar surface area (TPSA) is 44.2 Å². The van der Waals surface area contributed by atoms with Crippen LogP contribution in [0.1, 0.15) is 49.4 Å². The highest BCUT2D eigenvalue weighted by molar-refractivity contribution is 7.07. The summed E-state index contributed by atoms with van der Waals surface area (Å²) in [5.74, 6) is 2.33.